The number of amides is 1. The van der Waals surface area contributed by atoms with E-state index in [1.807, 2.05) is 0 Å². The van der Waals surface area contributed by atoms with E-state index in [9.17, 15) is 24.6 Å². The SMILES string of the molecule is CC(C)(C)OC(=O)N1C[C@](C)(C(=O)O)C[C@@]1(C)C(=O)O. The lowest BCUT2D eigenvalue weighted by Gasteiger charge is -2.32. The monoisotopic (exact) mass is 287 g/mol. The molecule has 2 N–H and O–H groups in total. The molecule has 0 radical (unpaired) electrons. The van der Waals surface area contributed by atoms with Crippen LogP contribution in [-0.4, -0.2) is 50.8 Å². The molecule has 0 bridgehead atoms. The summed E-state index contributed by atoms with van der Waals surface area (Å²) in [6.45, 7) is 7.56. The van der Waals surface area contributed by atoms with Gasteiger partial charge in [-0.15, -0.1) is 0 Å². The van der Waals surface area contributed by atoms with Crippen molar-refractivity contribution in [1.29, 1.82) is 0 Å². The molecule has 7 nitrogen and oxygen atoms in total. The zero-order chi connectivity index (χ0) is 15.9. The molecule has 0 aromatic rings. The number of rotatable bonds is 2. The number of carboxylic acid groups (broad SMARTS) is 2. The molecule has 0 unspecified atom stereocenters. The highest BCUT2D eigenvalue weighted by Crippen LogP contribution is 2.42. The second kappa shape index (κ2) is 4.64. The van der Waals surface area contributed by atoms with Crippen LogP contribution in [0.5, 0.6) is 0 Å². The topological polar surface area (TPSA) is 104 Å². The van der Waals surface area contributed by atoms with Gasteiger partial charge in [-0.3, -0.25) is 9.69 Å². The average molecular weight is 287 g/mol. The Kier molecular flexibility index (Phi) is 3.78. The van der Waals surface area contributed by atoms with Crippen molar-refractivity contribution in [3.63, 3.8) is 0 Å². The summed E-state index contributed by atoms with van der Waals surface area (Å²) in [4.78, 5) is 35.9. The number of hydrogen-bond acceptors (Lipinski definition) is 4. The lowest BCUT2D eigenvalue weighted by molar-refractivity contribution is -0.149. The number of ether oxygens (including phenoxy) is 1. The Labute approximate surface area is 117 Å². The minimum atomic E-state index is -1.59. The van der Waals surface area contributed by atoms with Crippen molar-refractivity contribution in [3.05, 3.63) is 0 Å². The van der Waals surface area contributed by atoms with Crippen molar-refractivity contribution in [2.45, 2.75) is 52.2 Å². The van der Waals surface area contributed by atoms with Gasteiger partial charge in [-0.05, 0) is 41.0 Å². The zero-order valence-corrected chi connectivity index (χ0v) is 12.4. The third-order valence-corrected chi connectivity index (χ3v) is 3.43. The van der Waals surface area contributed by atoms with E-state index in [2.05, 4.69) is 0 Å². The Bertz CT molecular complexity index is 454. The Morgan fingerprint density at radius 2 is 1.60 bits per heavy atom. The molecule has 0 aliphatic carbocycles. The molecule has 2 atom stereocenters. The molecule has 0 aromatic heterocycles. The first-order chi connectivity index (χ1) is 8.82. The van der Waals surface area contributed by atoms with E-state index in [0.717, 1.165) is 4.90 Å². The molecule has 1 saturated heterocycles. The van der Waals surface area contributed by atoms with Crippen molar-refractivity contribution >= 4 is 18.0 Å². The van der Waals surface area contributed by atoms with Crippen LogP contribution in [0.3, 0.4) is 0 Å². The fourth-order valence-electron chi connectivity index (χ4n) is 2.35. The van der Waals surface area contributed by atoms with Gasteiger partial charge in [0, 0.05) is 6.54 Å². The molecule has 1 rings (SSSR count). The first kappa shape index (κ1) is 16.3. The van der Waals surface area contributed by atoms with Crippen LogP contribution in [0.25, 0.3) is 0 Å². The van der Waals surface area contributed by atoms with Gasteiger partial charge in [-0.2, -0.15) is 0 Å². The fraction of sp³-hybridized carbons (Fsp3) is 0.769. The predicted molar refractivity (Wildman–Crippen MR) is 69.3 cm³/mol. The van der Waals surface area contributed by atoms with Gasteiger partial charge in [0.15, 0.2) is 0 Å². The molecule has 1 amide bonds. The van der Waals surface area contributed by atoms with Crippen LogP contribution in [0.15, 0.2) is 0 Å². The van der Waals surface area contributed by atoms with Crippen LogP contribution in [-0.2, 0) is 14.3 Å². The molecule has 1 aliphatic heterocycles. The third kappa shape index (κ3) is 2.86. The van der Waals surface area contributed by atoms with Crippen LogP contribution >= 0.6 is 0 Å². The number of hydrogen-bond donors (Lipinski definition) is 2. The summed E-state index contributed by atoms with van der Waals surface area (Å²) in [5, 5.41) is 18.6. The largest absolute Gasteiger partial charge is 0.481 e. The van der Waals surface area contributed by atoms with Gasteiger partial charge in [0.1, 0.15) is 11.1 Å². The van der Waals surface area contributed by atoms with Gasteiger partial charge in [0.2, 0.25) is 0 Å². The van der Waals surface area contributed by atoms with Gasteiger partial charge in [0.05, 0.1) is 5.41 Å². The molecule has 1 aliphatic rings. The molecule has 1 fully saturated rings. The summed E-state index contributed by atoms with van der Waals surface area (Å²) >= 11 is 0. The normalized spacial score (nSPS) is 30.1. The maximum Gasteiger partial charge on any atom is 0.411 e. The van der Waals surface area contributed by atoms with Gasteiger partial charge in [-0.1, -0.05) is 0 Å². The predicted octanol–water partition coefficient (Wildman–Crippen LogP) is 1.56. The van der Waals surface area contributed by atoms with E-state index in [1.165, 1.54) is 13.8 Å². The lowest BCUT2D eigenvalue weighted by atomic mass is 9.83. The Morgan fingerprint density at radius 3 is 1.95 bits per heavy atom. The Hall–Kier alpha value is -1.79. The average Bonchev–Trinajstić information content (AvgIpc) is 2.51. The quantitative estimate of drug-likeness (QED) is 0.798. The Balaban J connectivity index is 3.12. The van der Waals surface area contributed by atoms with Gasteiger partial charge < -0.3 is 14.9 Å². The molecule has 0 spiro atoms. The summed E-state index contributed by atoms with van der Waals surface area (Å²) < 4.78 is 5.17. The van der Waals surface area contributed by atoms with Gasteiger partial charge in [0.25, 0.3) is 0 Å². The molecular weight excluding hydrogens is 266 g/mol. The summed E-state index contributed by atoms with van der Waals surface area (Å²) in [5.74, 6) is -2.37. The smallest absolute Gasteiger partial charge is 0.411 e. The van der Waals surface area contributed by atoms with E-state index in [-0.39, 0.29) is 13.0 Å². The molecule has 114 valence electrons. The number of carboxylic acids is 2. The third-order valence-electron chi connectivity index (χ3n) is 3.43. The van der Waals surface area contributed by atoms with Crippen molar-refractivity contribution in [1.82, 2.24) is 4.90 Å². The van der Waals surface area contributed by atoms with Crippen molar-refractivity contribution in [2.75, 3.05) is 6.54 Å². The number of carbonyl (C=O) groups is 3. The van der Waals surface area contributed by atoms with Crippen molar-refractivity contribution < 1.29 is 29.3 Å². The highest BCUT2D eigenvalue weighted by molar-refractivity contribution is 5.88. The first-order valence-electron chi connectivity index (χ1n) is 6.29. The first-order valence-corrected chi connectivity index (χ1v) is 6.29. The molecule has 1 heterocycles. The van der Waals surface area contributed by atoms with E-state index in [1.54, 1.807) is 20.8 Å². The number of aliphatic carboxylic acids is 2. The van der Waals surface area contributed by atoms with Gasteiger partial charge in [-0.25, -0.2) is 9.59 Å². The standard InChI is InChI=1S/C13H21NO6/c1-11(2,3)20-10(19)14-7-12(4,8(15)16)6-13(14,5)9(17)18/h6-7H2,1-5H3,(H,15,16)(H,17,18)/t12-,13+/m1/s1. The maximum atomic E-state index is 12.1. The van der Waals surface area contributed by atoms with E-state index in [4.69, 9.17) is 4.74 Å². The van der Waals surface area contributed by atoms with Crippen LogP contribution in [0.4, 0.5) is 4.79 Å². The van der Waals surface area contributed by atoms with Crippen molar-refractivity contribution in [3.8, 4) is 0 Å². The number of likely N-dealkylation sites (tertiary alicyclic amines) is 1. The van der Waals surface area contributed by atoms with Crippen LogP contribution in [0.1, 0.15) is 41.0 Å². The summed E-state index contributed by atoms with van der Waals surface area (Å²) in [6, 6.07) is 0. The minimum Gasteiger partial charge on any atom is -0.481 e. The molecule has 0 saturated carbocycles. The number of nitrogens with zero attached hydrogens (tertiary/aromatic N) is 1. The Morgan fingerprint density at radius 1 is 1.10 bits per heavy atom. The lowest BCUT2D eigenvalue weighted by Crippen LogP contribution is -2.52. The highest BCUT2D eigenvalue weighted by atomic mass is 16.6. The summed E-state index contributed by atoms with van der Waals surface area (Å²) in [6.07, 6.45) is -0.975. The minimum absolute atomic E-state index is 0.163. The van der Waals surface area contributed by atoms with Crippen LogP contribution < -0.4 is 0 Å². The molecule has 20 heavy (non-hydrogen) atoms. The maximum absolute atomic E-state index is 12.1. The van der Waals surface area contributed by atoms with E-state index < -0.39 is 34.6 Å². The molecule has 7 heteroatoms. The summed E-state index contributed by atoms with van der Waals surface area (Å²) in [5.41, 5.74) is -3.67. The second-order valence-corrected chi connectivity index (χ2v) is 6.69. The molecular formula is C13H21NO6. The highest BCUT2D eigenvalue weighted by Gasteiger charge is 2.59. The van der Waals surface area contributed by atoms with Crippen LogP contribution in [0, 0.1) is 5.41 Å². The van der Waals surface area contributed by atoms with E-state index in [0.29, 0.717) is 0 Å². The zero-order valence-electron chi connectivity index (χ0n) is 12.4. The van der Waals surface area contributed by atoms with Crippen LogP contribution in [0.2, 0.25) is 0 Å². The van der Waals surface area contributed by atoms with Crippen molar-refractivity contribution in [2.24, 2.45) is 5.41 Å². The molecule has 0 aromatic carbocycles. The van der Waals surface area contributed by atoms with E-state index >= 15 is 0 Å². The number of carbonyl (C=O) groups excluding carboxylic acids is 1. The summed E-state index contributed by atoms with van der Waals surface area (Å²) in [7, 11) is 0. The van der Waals surface area contributed by atoms with Gasteiger partial charge >= 0.3 is 18.0 Å². The second-order valence-electron chi connectivity index (χ2n) is 6.69. The fourth-order valence-corrected chi connectivity index (χ4v) is 2.35.